The van der Waals surface area contributed by atoms with Crippen LogP contribution in [0.3, 0.4) is 0 Å². The highest BCUT2D eigenvalue weighted by Crippen LogP contribution is 2.05. The molecule has 9 heavy (non-hydrogen) atoms. The van der Waals surface area contributed by atoms with E-state index in [-0.39, 0.29) is 0 Å². The molecule has 0 spiro atoms. The average Bonchev–Trinajstić information content (AvgIpc) is 2.15. The van der Waals surface area contributed by atoms with Gasteiger partial charge in [0, 0.05) is 25.6 Å². The Morgan fingerprint density at radius 1 is 1.67 bits per heavy atom. The summed E-state index contributed by atoms with van der Waals surface area (Å²) in [5.41, 5.74) is 2.96. The van der Waals surface area contributed by atoms with Crippen molar-refractivity contribution in [3.8, 4) is 0 Å². The Labute approximate surface area is 57.7 Å². The maximum absolute atomic E-state index is 3.91. The fourth-order valence-electron chi connectivity index (χ4n) is 0.414. The Balaban J connectivity index is 2.48. The molecule has 0 amide bonds. The zero-order valence-electron chi connectivity index (χ0n) is 5.33. The summed E-state index contributed by atoms with van der Waals surface area (Å²) in [6, 6.07) is 0. The summed E-state index contributed by atoms with van der Waals surface area (Å²) < 4.78 is 3.82. The summed E-state index contributed by atoms with van der Waals surface area (Å²) >= 11 is 1.34. The number of hydrazine groups is 1. The van der Waals surface area contributed by atoms with E-state index in [1.165, 1.54) is 17.9 Å². The predicted octanol–water partition coefficient (Wildman–Crippen LogP) is 0.427. The second-order valence-corrected chi connectivity index (χ2v) is 2.53. The normalized spacial score (nSPS) is 10.1. The molecule has 0 unspecified atom stereocenters. The molecule has 1 heterocycles. The molecule has 0 bridgehead atoms. The van der Waals surface area contributed by atoms with Gasteiger partial charge in [-0.05, 0) is 0 Å². The van der Waals surface area contributed by atoms with E-state index in [0.29, 0.717) is 0 Å². The van der Waals surface area contributed by atoms with Crippen molar-refractivity contribution < 1.29 is 0 Å². The Bertz CT molecular complexity index is 159. The molecular formula is C4H8N4S. The highest BCUT2D eigenvalue weighted by Gasteiger charge is 1.92. The number of rotatable bonds is 2. The van der Waals surface area contributed by atoms with Crippen LogP contribution < -0.4 is 5.43 Å². The standard InChI is InChI=1S/C4H8N4S/c1-8(2)7-4-5-3-6-9-4/h3H,1-2H3,(H,5,6,7). The minimum atomic E-state index is 0.819. The summed E-state index contributed by atoms with van der Waals surface area (Å²) in [5, 5.41) is 2.64. The van der Waals surface area contributed by atoms with E-state index in [1.807, 2.05) is 19.1 Å². The van der Waals surface area contributed by atoms with E-state index in [9.17, 15) is 0 Å². The van der Waals surface area contributed by atoms with Crippen molar-refractivity contribution in [3.63, 3.8) is 0 Å². The SMILES string of the molecule is CN(C)Nc1ncns1. The van der Waals surface area contributed by atoms with E-state index < -0.39 is 0 Å². The number of hydrogen-bond acceptors (Lipinski definition) is 5. The van der Waals surface area contributed by atoms with E-state index in [1.54, 1.807) is 0 Å². The number of aromatic nitrogens is 2. The third-order valence-electron chi connectivity index (χ3n) is 0.681. The summed E-state index contributed by atoms with van der Waals surface area (Å²) in [4.78, 5) is 3.91. The maximum atomic E-state index is 3.91. The second kappa shape index (κ2) is 2.75. The maximum Gasteiger partial charge on any atom is 0.216 e. The lowest BCUT2D eigenvalue weighted by Crippen LogP contribution is -2.19. The molecule has 0 aliphatic rings. The molecule has 50 valence electrons. The van der Waals surface area contributed by atoms with Gasteiger partial charge in [-0.1, -0.05) is 0 Å². The van der Waals surface area contributed by atoms with E-state index in [0.717, 1.165) is 5.13 Å². The lowest BCUT2D eigenvalue weighted by molar-refractivity contribution is 0.495. The first-order valence-corrected chi connectivity index (χ1v) is 3.27. The minimum absolute atomic E-state index is 0.819. The molecule has 0 fully saturated rings. The third-order valence-corrected chi connectivity index (χ3v) is 1.25. The van der Waals surface area contributed by atoms with Crippen molar-refractivity contribution in [3.05, 3.63) is 6.33 Å². The molecule has 0 radical (unpaired) electrons. The van der Waals surface area contributed by atoms with Crippen LogP contribution in [0.4, 0.5) is 5.13 Å². The van der Waals surface area contributed by atoms with Crippen LogP contribution in [0.15, 0.2) is 6.33 Å². The molecular weight excluding hydrogens is 136 g/mol. The largest absolute Gasteiger partial charge is 0.294 e. The van der Waals surface area contributed by atoms with Crippen molar-refractivity contribution in [2.24, 2.45) is 0 Å². The van der Waals surface area contributed by atoms with E-state index >= 15 is 0 Å². The van der Waals surface area contributed by atoms with Crippen molar-refractivity contribution in [1.82, 2.24) is 14.4 Å². The first kappa shape index (κ1) is 6.44. The Kier molecular flexibility index (Phi) is 1.96. The van der Waals surface area contributed by atoms with Crippen LogP contribution in [-0.4, -0.2) is 28.5 Å². The van der Waals surface area contributed by atoms with Crippen LogP contribution >= 0.6 is 11.5 Å². The van der Waals surface area contributed by atoms with Gasteiger partial charge in [0.2, 0.25) is 5.13 Å². The summed E-state index contributed by atoms with van der Waals surface area (Å²) in [7, 11) is 3.81. The third kappa shape index (κ3) is 1.95. The van der Waals surface area contributed by atoms with E-state index in [4.69, 9.17) is 0 Å². The van der Waals surface area contributed by atoms with Gasteiger partial charge in [0.05, 0.1) is 0 Å². The highest BCUT2D eigenvalue weighted by atomic mass is 32.1. The van der Waals surface area contributed by atoms with Gasteiger partial charge in [-0.3, -0.25) is 5.43 Å². The van der Waals surface area contributed by atoms with Crippen molar-refractivity contribution in [2.75, 3.05) is 19.5 Å². The zero-order chi connectivity index (χ0) is 6.69. The minimum Gasteiger partial charge on any atom is -0.294 e. The van der Waals surface area contributed by atoms with Crippen LogP contribution in [0.1, 0.15) is 0 Å². The Hall–Kier alpha value is -0.680. The van der Waals surface area contributed by atoms with Crippen molar-refractivity contribution in [1.29, 1.82) is 0 Å². The monoisotopic (exact) mass is 144 g/mol. The van der Waals surface area contributed by atoms with Gasteiger partial charge >= 0.3 is 0 Å². The molecule has 1 rings (SSSR count). The highest BCUT2D eigenvalue weighted by molar-refractivity contribution is 7.09. The quantitative estimate of drug-likeness (QED) is 0.611. The Morgan fingerprint density at radius 2 is 2.44 bits per heavy atom. The van der Waals surface area contributed by atoms with Gasteiger partial charge in [0.25, 0.3) is 0 Å². The lowest BCUT2D eigenvalue weighted by Gasteiger charge is -2.07. The number of nitrogens with one attached hydrogen (secondary N) is 1. The van der Waals surface area contributed by atoms with Gasteiger partial charge in [-0.2, -0.15) is 4.37 Å². The molecule has 1 aromatic heterocycles. The second-order valence-electron chi connectivity index (χ2n) is 1.75. The van der Waals surface area contributed by atoms with Crippen LogP contribution in [0.5, 0.6) is 0 Å². The molecule has 1 N–H and O–H groups in total. The molecule has 0 saturated heterocycles. The Morgan fingerprint density at radius 3 is 2.89 bits per heavy atom. The topological polar surface area (TPSA) is 41.0 Å². The fourth-order valence-corrected chi connectivity index (χ4v) is 0.925. The molecule has 0 atom stereocenters. The summed E-state index contributed by atoms with van der Waals surface area (Å²) in [6.45, 7) is 0. The van der Waals surface area contributed by atoms with Gasteiger partial charge < -0.3 is 0 Å². The summed E-state index contributed by atoms with van der Waals surface area (Å²) in [5.74, 6) is 0. The number of anilines is 1. The van der Waals surface area contributed by atoms with Gasteiger partial charge in [0.1, 0.15) is 6.33 Å². The van der Waals surface area contributed by atoms with E-state index in [2.05, 4.69) is 14.8 Å². The average molecular weight is 144 g/mol. The predicted molar refractivity (Wildman–Crippen MR) is 37.2 cm³/mol. The first-order valence-electron chi connectivity index (χ1n) is 2.49. The van der Waals surface area contributed by atoms with Gasteiger partial charge in [-0.15, -0.1) is 0 Å². The van der Waals surface area contributed by atoms with Gasteiger partial charge in [0.15, 0.2) is 0 Å². The molecule has 4 nitrogen and oxygen atoms in total. The van der Waals surface area contributed by atoms with Crippen LogP contribution in [-0.2, 0) is 0 Å². The molecule has 5 heteroatoms. The fraction of sp³-hybridized carbons (Fsp3) is 0.500. The van der Waals surface area contributed by atoms with Crippen LogP contribution in [0.2, 0.25) is 0 Å². The zero-order valence-corrected chi connectivity index (χ0v) is 6.14. The van der Waals surface area contributed by atoms with Crippen molar-refractivity contribution in [2.45, 2.75) is 0 Å². The first-order chi connectivity index (χ1) is 4.29. The lowest BCUT2D eigenvalue weighted by atomic mass is 11.1. The number of hydrogen-bond donors (Lipinski definition) is 1. The molecule has 0 saturated carbocycles. The van der Waals surface area contributed by atoms with Crippen molar-refractivity contribution >= 4 is 16.7 Å². The summed E-state index contributed by atoms with van der Waals surface area (Å²) in [6.07, 6.45) is 1.52. The van der Waals surface area contributed by atoms with Crippen LogP contribution in [0.25, 0.3) is 0 Å². The van der Waals surface area contributed by atoms with Crippen LogP contribution in [0, 0.1) is 0 Å². The molecule has 0 aromatic carbocycles. The molecule has 1 aromatic rings. The smallest absolute Gasteiger partial charge is 0.216 e. The number of nitrogens with zero attached hydrogens (tertiary/aromatic N) is 3. The van der Waals surface area contributed by atoms with Gasteiger partial charge in [-0.25, -0.2) is 9.99 Å². The molecule has 0 aliphatic carbocycles. The molecule has 0 aliphatic heterocycles.